The number of ether oxygens (including phenoxy) is 1. The molecule has 0 saturated carbocycles. The molecule has 5 rings (SSSR count). The van der Waals surface area contributed by atoms with E-state index in [9.17, 15) is 19.6 Å². The first-order chi connectivity index (χ1) is 18.9. The molecule has 1 N–H and O–H groups in total. The molecule has 3 aliphatic heterocycles. The summed E-state index contributed by atoms with van der Waals surface area (Å²) in [5.74, 6) is -0.0132. The van der Waals surface area contributed by atoms with Crippen LogP contribution in [0.25, 0.3) is 0 Å². The average Bonchev–Trinajstić information content (AvgIpc) is 3.54. The van der Waals surface area contributed by atoms with Crippen molar-refractivity contribution in [1.82, 2.24) is 24.7 Å². The fraction of sp³-hybridized carbons (Fsp3) is 0.500. The molecule has 2 fully saturated rings. The number of carbonyl (C=O) groups excluding carboxylic acids is 1. The van der Waals surface area contributed by atoms with Gasteiger partial charge in [0.15, 0.2) is 0 Å². The third kappa shape index (κ3) is 5.67. The average molecular weight is 536 g/mol. The lowest BCUT2D eigenvalue weighted by atomic mass is 10.1. The number of phenolic OH excluding ortho intramolecular Hbond substituents is 1. The highest BCUT2D eigenvalue weighted by Gasteiger charge is 2.34. The van der Waals surface area contributed by atoms with Gasteiger partial charge in [0.25, 0.3) is 0 Å². The quantitative estimate of drug-likeness (QED) is 0.510. The lowest BCUT2D eigenvalue weighted by Crippen LogP contribution is -2.55. The molecular weight excluding hydrogens is 501 g/mol. The monoisotopic (exact) mass is 535 g/mol. The van der Waals surface area contributed by atoms with E-state index in [0.717, 1.165) is 30.6 Å². The first kappa shape index (κ1) is 26.8. The highest BCUT2D eigenvalue weighted by molar-refractivity contribution is 5.87. The molecular formula is C28H34FN7O3. The molecule has 4 heterocycles. The maximum absolute atomic E-state index is 14.5. The minimum Gasteiger partial charge on any atom is -0.508 e. The van der Waals surface area contributed by atoms with Crippen LogP contribution in [-0.2, 0) is 24.4 Å². The van der Waals surface area contributed by atoms with Gasteiger partial charge in [-0.2, -0.15) is 15.2 Å². The molecule has 3 aliphatic rings. The van der Waals surface area contributed by atoms with Crippen LogP contribution < -0.4 is 9.64 Å². The first-order valence-electron chi connectivity index (χ1n) is 13.3. The van der Waals surface area contributed by atoms with Gasteiger partial charge in [-0.1, -0.05) is 12.6 Å². The number of phenols is 1. The van der Waals surface area contributed by atoms with Gasteiger partial charge >= 0.3 is 6.01 Å². The molecule has 206 valence electrons. The van der Waals surface area contributed by atoms with Crippen LogP contribution in [-0.4, -0.2) is 87.6 Å². The third-order valence-electron chi connectivity index (χ3n) is 7.92. The van der Waals surface area contributed by atoms with Crippen molar-refractivity contribution in [2.24, 2.45) is 0 Å². The highest BCUT2D eigenvalue weighted by atomic mass is 19.1. The van der Waals surface area contributed by atoms with E-state index in [1.165, 1.54) is 24.3 Å². The van der Waals surface area contributed by atoms with Gasteiger partial charge in [-0.25, -0.2) is 4.39 Å². The third-order valence-corrected chi connectivity index (χ3v) is 7.92. The van der Waals surface area contributed by atoms with Gasteiger partial charge in [-0.15, -0.1) is 0 Å². The van der Waals surface area contributed by atoms with E-state index in [1.807, 2.05) is 4.90 Å². The van der Waals surface area contributed by atoms with Crippen LogP contribution in [0, 0.1) is 17.1 Å². The van der Waals surface area contributed by atoms with Crippen LogP contribution in [0.2, 0.25) is 0 Å². The minimum atomic E-state index is -0.454. The molecule has 2 saturated heterocycles. The second kappa shape index (κ2) is 11.6. The maximum Gasteiger partial charge on any atom is 0.318 e. The second-order valence-electron chi connectivity index (χ2n) is 10.4. The molecule has 0 bridgehead atoms. The zero-order chi connectivity index (χ0) is 27.5. The number of benzene rings is 1. The van der Waals surface area contributed by atoms with E-state index in [2.05, 4.69) is 29.5 Å². The Hall–Kier alpha value is -3.75. The molecule has 10 nitrogen and oxygen atoms in total. The summed E-state index contributed by atoms with van der Waals surface area (Å²) < 4.78 is 20.6. The molecule has 2 unspecified atom stereocenters. The summed E-state index contributed by atoms with van der Waals surface area (Å²) in [6.07, 6.45) is 3.67. The van der Waals surface area contributed by atoms with E-state index >= 15 is 0 Å². The van der Waals surface area contributed by atoms with Gasteiger partial charge in [-0.05, 0) is 44.6 Å². The lowest BCUT2D eigenvalue weighted by molar-refractivity contribution is -0.128. The number of hydrogen-bond donors (Lipinski definition) is 1. The van der Waals surface area contributed by atoms with Crippen LogP contribution in [0.1, 0.15) is 36.1 Å². The number of halogens is 1. The number of aromatic hydroxyl groups is 1. The first-order valence-corrected chi connectivity index (χ1v) is 13.3. The zero-order valence-corrected chi connectivity index (χ0v) is 22.2. The second-order valence-corrected chi connectivity index (χ2v) is 10.4. The Morgan fingerprint density at radius 2 is 2.13 bits per heavy atom. The predicted octanol–water partition coefficient (Wildman–Crippen LogP) is 2.43. The lowest BCUT2D eigenvalue weighted by Gasteiger charge is -2.41. The van der Waals surface area contributed by atoms with E-state index in [0.29, 0.717) is 57.2 Å². The maximum atomic E-state index is 14.5. The SMILES string of the molecule is C=CC(=O)N1CCN(c2nc(OCC3CCCN3C)nc3c2CN(Cc2c(O)cccc2F)C3)CC1CC#N. The number of aromatic nitrogens is 2. The van der Waals surface area contributed by atoms with Gasteiger partial charge in [0.05, 0.1) is 24.2 Å². The number of amides is 1. The summed E-state index contributed by atoms with van der Waals surface area (Å²) in [5, 5.41) is 19.7. The van der Waals surface area contributed by atoms with Crippen LogP contribution in [0.15, 0.2) is 30.9 Å². The van der Waals surface area contributed by atoms with Gasteiger partial charge in [0.1, 0.15) is 24.0 Å². The number of carbonyl (C=O) groups is 1. The number of rotatable bonds is 8. The van der Waals surface area contributed by atoms with Crippen molar-refractivity contribution in [1.29, 1.82) is 5.26 Å². The molecule has 0 spiro atoms. The van der Waals surface area contributed by atoms with E-state index < -0.39 is 5.82 Å². The molecule has 1 aromatic heterocycles. The largest absolute Gasteiger partial charge is 0.508 e. The topological polar surface area (TPSA) is 109 Å². The molecule has 11 heteroatoms. The number of nitrogens with zero attached hydrogens (tertiary/aromatic N) is 7. The summed E-state index contributed by atoms with van der Waals surface area (Å²) in [7, 11) is 2.09. The predicted molar refractivity (Wildman–Crippen MR) is 142 cm³/mol. The molecule has 39 heavy (non-hydrogen) atoms. The number of likely N-dealkylation sites (N-methyl/N-ethyl adjacent to an activating group) is 1. The van der Waals surface area contributed by atoms with Crippen molar-refractivity contribution < 1.29 is 19.0 Å². The van der Waals surface area contributed by atoms with Gasteiger partial charge in [-0.3, -0.25) is 9.69 Å². The van der Waals surface area contributed by atoms with Crippen molar-refractivity contribution in [2.45, 2.75) is 51.0 Å². The van der Waals surface area contributed by atoms with Crippen LogP contribution in [0.4, 0.5) is 10.2 Å². The fourth-order valence-electron chi connectivity index (χ4n) is 5.74. The van der Waals surface area contributed by atoms with Crippen molar-refractivity contribution in [3.8, 4) is 17.8 Å². The van der Waals surface area contributed by atoms with Gasteiger partial charge in [0, 0.05) is 56.4 Å². The Morgan fingerprint density at radius 1 is 1.28 bits per heavy atom. The summed E-state index contributed by atoms with van der Waals surface area (Å²) in [6, 6.07) is 6.80. The molecule has 0 aliphatic carbocycles. The van der Waals surface area contributed by atoms with Crippen molar-refractivity contribution >= 4 is 11.7 Å². The standard InChI is InChI=1S/C28H34FN7O3/c1-3-26(38)36-13-12-35(14-19(36)9-10-30)27-22-16-34(15-21-23(29)7-4-8-25(21)37)17-24(22)31-28(32-27)39-18-20-6-5-11-33(20)2/h3-4,7-8,19-20,37H,1,5-6,9,11-18H2,2H3. The van der Waals surface area contributed by atoms with E-state index in [1.54, 1.807) is 4.90 Å². The smallest absolute Gasteiger partial charge is 0.318 e. The van der Waals surface area contributed by atoms with E-state index in [-0.39, 0.29) is 36.2 Å². The fourth-order valence-corrected chi connectivity index (χ4v) is 5.74. The van der Waals surface area contributed by atoms with Gasteiger partial charge in [0.2, 0.25) is 5.91 Å². The number of hydrogen-bond acceptors (Lipinski definition) is 9. The molecule has 1 aromatic carbocycles. The number of nitriles is 1. The van der Waals surface area contributed by atoms with Crippen molar-refractivity contribution in [3.05, 3.63) is 53.5 Å². The van der Waals surface area contributed by atoms with Crippen molar-refractivity contribution in [2.75, 3.05) is 44.7 Å². The highest BCUT2D eigenvalue weighted by Crippen LogP contribution is 2.34. The Labute approximate surface area is 227 Å². The number of piperazine rings is 1. The number of likely N-dealkylation sites (tertiary alicyclic amines) is 1. The Morgan fingerprint density at radius 3 is 2.85 bits per heavy atom. The van der Waals surface area contributed by atoms with Crippen molar-refractivity contribution in [3.63, 3.8) is 0 Å². The number of fused-ring (bicyclic) bond motifs is 1. The summed E-state index contributed by atoms with van der Waals surface area (Å²) in [5.41, 5.74) is 1.95. The van der Waals surface area contributed by atoms with Crippen LogP contribution in [0.3, 0.4) is 0 Å². The molecule has 1 amide bonds. The summed E-state index contributed by atoms with van der Waals surface area (Å²) in [4.78, 5) is 30.1. The van der Waals surface area contributed by atoms with E-state index in [4.69, 9.17) is 14.7 Å². The molecule has 0 radical (unpaired) electrons. The minimum absolute atomic E-state index is 0.0793. The van der Waals surface area contributed by atoms with Crippen LogP contribution in [0.5, 0.6) is 11.8 Å². The Bertz CT molecular complexity index is 1260. The molecule has 2 aromatic rings. The summed E-state index contributed by atoms with van der Waals surface area (Å²) >= 11 is 0. The van der Waals surface area contributed by atoms with Crippen LogP contribution >= 0.6 is 0 Å². The molecule has 2 atom stereocenters. The Kier molecular flexibility index (Phi) is 7.95. The number of anilines is 1. The normalized spacial score (nSPS) is 21.6. The Balaban J connectivity index is 1.42. The van der Waals surface area contributed by atoms with Gasteiger partial charge < -0.3 is 24.5 Å². The zero-order valence-electron chi connectivity index (χ0n) is 22.2. The summed E-state index contributed by atoms with van der Waals surface area (Å²) in [6.45, 7) is 7.68.